The van der Waals surface area contributed by atoms with Gasteiger partial charge in [-0.3, -0.25) is 9.88 Å². The molecule has 0 bridgehead atoms. The van der Waals surface area contributed by atoms with E-state index in [1.807, 2.05) is 12.3 Å². The Labute approximate surface area is 120 Å². The number of nitrogens with two attached hydrogens (primary N) is 1. The molecule has 2 atom stereocenters. The van der Waals surface area contributed by atoms with Gasteiger partial charge in [0, 0.05) is 31.2 Å². The molecule has 1 saturated heterocycles. The van der Waals surface area contributed by atoms with E-state index in [0.717, 1.165) is 31.7 Å². The molecule has 0 spiro atoms. The third-order valence-corrected chi connectivity index (χ3v) is 4.51. The summed E-state index contributed by atoms with van der Waals surface area (Å²) in [6.07, 6.45) is 1.86. The molecule has 3 rings (SSSR count). The van der Waals surface area contributed by atoms with Crippen molar-refractivity contribution in [1.82, 2.24) is 9.88 Å². The summed E-state index contributed by atoms with van der Waals surface area (Å²) in [6, 6.07) is 8.70. The Balaban J connectivity index is 1.82. The first-order valence-electron chi connectivity index (χ1n) is 7.44. The summed E-state index contributed by atoms with van der Waals surface area (Å²) in [6.45, 7) is 8.57. The van der Waals surface area contributed by atoms with Crippen molar-refractivity contribution >= 4 is 10.9 Å². The highest BCUT2D eigenvalue weighted by Crippen LogP contribution is 2.25. The van der Waals surface area contributed by atoms with Gasteiger partial charge in [-0.25, -0.2) is 0 Å². The van der Waals surface area contributed by atoms with Gasteiger partial charge in [0.2, 0.25) is 0 Å². The highest BCUT2D eigenvalue weighted by molar-refractivity contribution is 5.82. The molecule has 0 saturated carbocycles. The summed E-state index contributed by atoms with van der Waals surface area (Å²) >= 11 is 0. The number of aryl methyl sites for hydroxylation is 1. The van der Waals surface area contributed by atoms with Crippen molar-refractivity contribution in [2.24, 2.45) is 17.6 Å². The largest absolute Gasteiger partial charge is 0.330 e. The van der Waals surface area contributed by atoms with Gasteiger partial charge < -0.3 is 5.73 Å². The lowest BCUT2D eigenvalue weighted by atomic mass is 9.99. The summed E-state index contributed by atoms with van der Waals surface area (Å²) in [5.74, 6) is 1.36. The maximum Gasteiger partial charge on any atom is 0.0731 e. The molecular weight excluding hydrogens is 246 g/mol. The molecule has 1 aliphatic heterocycles. The van der Waals surface area contributed by atoms with Crippen LogP contribution in [0.3, 0.4) is 0 Å². The van der Waals surface area contributed by atoms with Gasteiger partial charge in [-0.2, -0.15) is 0 Å². The van der Waals surface area contributed by atoms with Gasteiger partial charge in [0.1, 0.15) is 0 Å². The van der Waals surface area contributed by atoms with Gasteiger partial charge in [0.25, 0.3) is 0 Å². The van der Waals surface area contributed by atoms with Crippen molar-refractivity contribution in [3.8, 4) is 0 Å². The predicted molar refractivity (Wildman–Crippen MR) is 83.5 cm³/mol. The number of likely N-dealkylation sites (tertiary alicyclic amines) is 1. The SMILES string of the molecule is Cc1cc(CN2C[C@@H](CN)[C@H](C)C2)cc2cccnc12. The predicted octanol–water partition coefficient (Wildman–Crippen LogP) is 2.57. The maximum absolute atomic E-state index is 5.84. The summed E-state index contributed by atoms with van der Waals surface area (Å²) in [5, 5.41) is 1.24. The van der Waals surface area contributed by atoms with Crippen LogP contribution >= 0.6 is 0 Å². The fourth-order valence-corrected chi connectivity index (χ4v) is 3.38. The summed E-state index contributed by atoms with van der Waals surface area (Å²) in [5.41, 5.74) is 9.61. The Kier molecular flexibility index (Phi) is 3.72. The van der Waals surface area contributed by atoms with E-state index in [4.69, 9.17) is 5.73 Å². The average molecular weight is 269 g/mol. The highest BCUT2D eigenvalue weighted by Gasteiger charge is 2.28. The molecule has 0 aliphatic carbocycles. The van der Waals surface area contributed by atoms with Crippen LogP contribution in [0.1, 0.15) is 18.1 Å². The van der Waals surface area contributed by atoms with E-state index in [-0.39, 0.29) is 0 Å². The van der Waals surface area contributed by atoms with Gasteiger partial charge in [0.05, 0.1) is 5.52 Å². The van der Waals surface area contributed by atoms with E-state index in [0.29, 0.717) is 11.8 Å². The van der Waals surface area contributed by atoms with Crippen LogP contribution in [-0.2, 0) is 6.54 Å². The van der Waals surface area contributed by atoms with E-state index < -0.39 is 0 Å². The Hall–Kier alpha value is -1.45. The quantitative estimate of drug-likeness (QED) is 0.931. The number of pyridine rings is 1. The third kappa shape index (κ3) is 2.56. The van der Waals surface area contributed by atoms with Crippen molar-refractivity contribution in [3.63, 3.8) is 0 Å². The second-order valence-corrected chi connectivity index (χ2v) is 6.15. The van der Waals surface area contributed by atoms with Crippen molar-refractivity contribution in [1.29, 1.82) is 0 Å². The molecule has 1 aromatic heterocycles. The molecule has 20 heavy (non-hydrogen) atoms. The van der Waals surface area contributed by atoms with Crippen LogP contribution < -0.4 is 5.73 Å². The second kappa shape index (κ2) is 5.51. The maximum atomic E-state index is 5.84. The molecule has 106 valence electrons. The zero-order valence-electron chi connectivity index (χ0n) is 12.3. The molecule has 0 radical (unpaired) electrons. The van der Waals surface area contributed by atoms with Crippen molar-refractivity contribution in [2.45, 2.75) is 20.4 Å². The number of rotatable bonds is 3. The van der Waals surface area contributed by atoms with Gasteiger partial charge in [0.15, 0.2) is 0 Å². The van der Waals surface area contributed by atoms with E-state index in [1.54, 1.807) is 0 Å². The topological polar surface area (TPSA) is 42.1 Å². The van der Waals surface area contributed by atoms with E-state index >= 15 is 0 Å². The Morgan fingerprint density at radius 2 is 2.20 bits per heavy atom. The fraction of sp³-hybridized carbons (Fsp3) is 0.471. The van der Waals surface area contributed by atoms with Crippen LogP contribution in [-0.4, -0.2) is 29.5 Å². The molecule has 2 N–H and O–H groups in total. The van der Waals surface area contributed by atoms with Gasteiger partial charge in [-0.15, -0.1) is 0 Å². The van der Waals surface area contributed by atoms with Crippen LogP contribution in [0.25, 0.3) is 10.9 Å². The minimum Gasteiger partial charge on any atom is -0.330 e. The number of hydrogen-bond acceptors (Lipinski definition) is 3. The first kappa shape index (κ1) is 13.5. The molecular formula is C17H23N3. The fourth-order valence-electron chi connectivity index (χ4n) is 3.38. The first-order chi connectivity index (χ1) is 9.67. The molecule has 3 nitrogen and oxygen atoms in total. The first-order valence-corrected chi connectivity index (χ1v) is 7.44. The van der Waals surface area contributed by atoms with Crippen LogP contribution in [0.4, 0.5) is 0 Å². The molecule has 2 aromatic rings. The molecule has 1 fully saturated rings. The van der Waals surface area contributed by atoms with E-state index in [1.165, 1.54) is 16.5 Å². The van der Waals surface area contributed by atoms with Crippen LogP contribution in [0.2, 0.25) is 0 Å². The highest BCUT2D eigenvalue weighted by atomic mass is 15.2. The average Bonchev–Trinajstić information content (AvgIpc) is 2.79. The van der Waals surface area contributed by atoms with Crippen molar-refractivity contribution < 1.29 is 0 Å². The number of aromatic nitrogens is 1. The lowest BCUT2D eigenvalue weighted by molar-refractivity contribution is 0.315. The summed E-state index contributed by atoms with van der Waals surface area (Å²) < 4.78 is 0. The minimum atomic E-state index is 0.651. The molecule has 2 heterocycles. The zero-order valence-corrected chi connectivity index (χ0v) is 12.3. The van der Waals surface area contributed by atoms with Gasteiger partial charge in [-0.05, 0) is 48.6 Å². The third-order valence-electron chi connectivity index (χ3n) is 4.51. The van der Waals surface area contributed by atoms with Gasteiger partial charge in [-0.1, -0.05) is 19.1 Å². The lowest BCUT2D eigenvalue weighted by Gasteiger charge is -2.16. The van der Waals surface area contributed by atoms with E-state index in [2.05, 4.69) is 41.9 Å². The Morgan fingerprint density at radius 3 is 2.95 bits per heavy atom. The van der Waals surface area contributed by atoms with Gasteiger partial charge >= 0.3 is 0 Å². The van der Waals surface area contributed by atoms with Crippen LogP contribution in [0.15, 0.2) is 30.5 Å². The Morgan fingerprint density at radius 1 is 1.35 bits per heavy atom. The zero-order chi connectivity index (χ0) is 14.1. The number of nitrogens with zero attached hydrogens (tertiary/aromatic N) is 2. The monoisotopic (exact) mass is 269 g/mol. The molecule has 3 heteroatoms. The van der Waals surface area contributed by atoms with Crippen molar-refractivity contribution in [3.05, 3.63) is 41.6 Å². The summed E-state index contributed by atoms with van der Waals surface area (Å²) in [4.78, 5) is 6.99. The summed E-state index contributed by atoms with van der Waals surface area (Å²) in [7, 11) is 0. The second-order valence-electron chi connectivity index (χ2n) is 6.15. The van der Waals surface area contributed by atoms with Crippen LogP contribution in [0.5, 0.6) is 0 Å². The molecule has 1 aromatic carbocycles. The molecule has 1 aliphatic rings. The number of benzene rings is 1. The smallest absolute Gasteiger partial charge is 0.0731 e. The molecule has 0 amide bonds. The standard InChI is InChI=1S/C17H23N3/c1-12-6-14(7-15-4-3-5-19-17(12)15)10-20-9-13(2)16(8-18)11-20/h3-7,13,16H,8-11,18H2,1-2H3/t13-,16-/m1/s1. The number of hydrogen-bond donors (Lipinski definition) is 1. The normalized spacial score (nSPS) is 23.6. The van der Waals surface area contributed by atoms with E-state index in [9.17, 15) is 0 Å². The van der Waals surface area contributed by atoms with Crippen molar-refractivity contribution in [2.75, 3.05) is 19.6 Å². The molecule has 0 unspecified atom stereocenters. The number of fused-ring (bicyclic) bond motifs is 1. The van der Waals surface area contributed by atoms with Crippen LogP contribution in [0, 0.1) is 18.8 Å². The Bertz CT molecular complexity index is 608. The lowest BCUT2D eigenvalue weighted by Crippen LogP contribution is -2.23. The minimum absolute atomic E-state index is 0.651.